The van der Waals surface area contributed by atoms with Crippen LogP contribution in [0.5, 0.6) is 5.75 Å². The number of aromatic nitrogens is 4. The standard InChI is InChI=1S/C40H54N6O5/c1-26-17-30(18-27(2)35(26)50-6)40-14-11-39(12-15-40,13-16-40)25-45(34-21-41-20-33(43-34)29-19-42-46(22-29)38(3,4)5)36(48)28-7-9-32(10-8-28)51-37(49)44-23-31(47)24-44/h17-22,28,31-32,47H,7-16,23-25H2,1-6H3. The van der Waals surface area contributed by atoms with Crippen LogP contribution in [-0.4, -0.2) is 80.7 Å². The number of carbonyl (C=O) groups excluding carboxylic acids is 2. The summed E-state index contributed by atoms with van der Waals surface area (Å²) in [6.07, 6.45) is 15.3. The van der Waals surface area contributed by atoms with Gasteiger partial charge < -0.3 is 19.5 Å². The number of likely N-dealkylation sites (tertiary alicyclic amines) is 1. The van der Waals surface area contributed by atoms with E-state index in [1.807, 2.05) is 22.0 Å². The van der Waals surface area contributed by atoms with Crippen LogP contribution in [0.15, 0.2) is 36.9 Å². The Morgan fingerprint density at radius 2 is 1.61 bits per heavy atom. The molecule has 1 saturated heterocycles. The number of carbonyl (C=O) groups is 2. The number of fused-ring (bicyclic) bond motifs is 3. The van der Waals surface area contributed by atoms with Crippen LogP contribution in [0, 0.1) is 25.2 Å². The number of ether oxygens (including phenoxy) is 2. The quantitative estimate of drug-likeness (QED) is 0.275. The second-order valence-corrected chi connectivity index (χ2v) is 16.9. The Kier molecular flexibility index (Phi) is 9.39. The zero-order valence-electron chi connectivity index (χ0n) is 31.2. The minimum Gasteiger partial charge on any atom is -0.496 e. The summed E-state index contributed by atoms with van der Waals surface area (Å²) in [6, 6.07) is 4.67. The number of anilines is 1. The Hall–Kier alpha value is -3.99. The molecule has 274 valence electrons. The summed E-state index contributed by atoms with van der Waals surface area (Å²) in [5.41, 5.74) is 5.37. The van der Waals surface area contributed by atoms with E-state index in [1.165, 1.54) is 21.6 Å². The second-order valence-electron chi connectivity index (χ2n) is 16.9. The molecule has 0 atom stereocenters. The third-order valence-electron chi connectivity index (χ3n) is 12.3. The summed E-state index contributed by atoms with van der Waals surface area (Å²) in [5.74, 6) is 1.46. The van der Waals surface area contributed by atoms with Gasteiger partial charge in [0.1, 0.15) is 11.9 Å². The summed E-state index contributed by atoms with van der Waals surface area (Å²) in [5, 5.41) is 14.2. The maximum absolute atomic E-state index is 14.7. The Morgan fingerprint density at radius 3 is 2.18 bits per heavy atom. The average Bonchev–Trinajstić information content (AvgIpc) is 3.62. The molecule has 51 heavy (non-hydrogen) atoms. The van der Waals surface area contributed by atoms with Crippen molar-refractivity contribution in [3.05, 3.63) is 53.6 Å². The van der Waals surface area contributed by atoms with Gasteiger partial charge in [-0.05, 0) is 126 Å². The minimum absolute atomic E-state index is 0.0112. The van der Waals surface area contributed by atoms with Crippen molar-refractivity contribution >= 4 is 17.8 Å². The molecule has 4 saturated carbocycles. The van der Waals surface area contributed by atoms with Gasteiger partial charge in [-0.25, -0.2) is 9.78 Å². The molecule has 2 aromatic heterocycles. The van der Waals surface area contributed by atoms with E-state index in [2.05, 4.69) is 56.8 Å². The third kappa shape index (κ3) is 6.98. The van der Waals surface area contributed by atoms with Crippen LogP contribution < -0.4 is 9.64 Å². The predicted molar refractivity (Wildman–Crippen MR) is 195 cm³/mol. The lowest BCUT2D eigenvalue weighted by Gasteiger charge is -2.55. The third-order valence-corrected chi connectivity index (χ3v) is 12.3. The lowest BCUT2D eigenvalue weighted by molar-refractivity contribution is -0.124. The summed E-state index contributed by atoms with van der Waals surface area (Å²) in [7, 11) is 1.75. The molecule has 3 heterocycles. The maximum Gasteiger partial charge on any atom is 0.410 e. The fourth-order valence-corrected chi connectivity index (χ4v) is 9.04. The number of rotatable bonds is 8. The molecular weight excluding hydrogens is 644 g/mol. The maximum atomic E-state index is 14.7. The molecule has 5 fully saturated rings. The molecule has 2 bridgehead atoms. The highest BCUT2D eigenvalue weighted by molar-refractivity contribution is 5.94. The van der Waals surface area contributed by atoms with E-state index in [1.54, 1.807) is 19.5 Å². The zero-order valence-corrected chi connectivity index (χ0v) is 31.2. The van der Waals surface area contributed by atoms with E-state index >= 15 is 0 Å². The molecule has 1 aromatic carbocycles. The Bertz CT molecular complexity index is 1720. The molecule has 3 aromatic rings. The van der Waals surface area contributed by atoms with E-state index in [9.17, 15) is 14.7 Å². The monoisotopic (exact) mass is 698 g/mol. The SMILES string of the molecule is COc1c(C)cc(C23CCC(CN(C(=O)C4CCC(OC(=O)N5CC(O)C5)CC4)c4cncc(-c5cnn(C(C)(C)C)c5)n4)(CC2)CC3)cc1C. The largest absolute Gasteiger partial charge is 0.496 e. The van der Waals surface area contributed by atoms with E-state index in [4.69, 9.17) is 14.5 Å². The van der Waals surface area contributed by atoms with Crippen LogP contribution in [0.4, 0.5) is 10.6 Å². The van der Waals surface area contributed by atoms with Crippen LogP contribution in [0.2, 0.25) is 0 Å². The molecule has 1 N–H and O–H groups in total. The summed E-state index contributed by atoms with van der Waals surface area (Å²) in [6.45, 7) is 11.9. The van der Waals surface area contributed by atoms with Crippen LogP contribution in [0.3, 0.4) is 0 Å². The van der Waals surface area contributed by atoms with Gasteiger partial charge in [0, 0.05) is 24.2 Å². The minimum atomic E-state index is -0.465. The Balaban J connectivity index is 1.11. The van der Waals surface area contributed by atoms with E-state index in [0.29, 0.717) is 56.8 Å². The summed E-state index contributed by atoms with van der Waals surface area (Å²) in [4.78, 5) is 40.3. The number of amides is 2. The first kappa shape index (κ1) is 35.4. The average molecular weight is 699 g/mol. The number of β-amino-alcohol motifs (C(OH)–C–C–N with tert-alkyl or cyclic N) is 1. The van der Waals surface area contributed by atoms with Crippen molar-refractivity contribution in [2.75, 3.05) is 31.6 Å². The number of aryl methyl sites for hydroxylation is 2. The molecule has 2 amide bonds. The first-order valence-electron chi connectivity index (χ1n) is 18.8. The highest BCUT2D eigenvalue weighted by Gasteiger charge is 2.51. The number of hydrogen-bond donors (Lipinski definition) is 1. The molecule has 11 heteroatoms. The topological polar surface area (TPSA) is 123 Å². The molecule has 0 unspecified atom stereocenters. The van der Waals surface area contributed by atoms with Gasteiger partial charge in [0.15, 0.2) is 5.82 Å². The van der Waals surface area contributed by atoms with Crippen molar-refractivity contribution in [2.24, 2.45) is 11.3 Å². The van der Waals surface area contributed by atoms with Crippen molar-refractivity contribution in [2.45, 2.75) is 122 Å². The molecule has 11 nitrogen and oxygen atoms in total. The molecule has 0 radical (unpaired) electrons. The van der Waals surface area contributed by atoms with Crippen molar-refractivity contribution < 1.29 is 24.2 Å². The molecule has 0 spiro atoms. The van der Waals surface area contributed by atoms with Crippen LogP contribution >= 0.6 is 0 Å². The number of methoxy groups -OCH3 is 1. The van der Waals surface area contributed by atoms with Crippen molar-refractivity contribution in [1.29, 1.82) is 0 Å². The van der Waals surface area contributed by atoms with Crippen molar-refractivity contribution in [3.8, 4) is 17.0 Å². The molecule has 8 rings (SSSR count). The zero-order chi connectivity index (χ0) is 36.1. The molecule has 5 aliphatic rings. The lowest BCUT2D eigenvalue weighted by Crippen LogP contribution is -2.54. The van der Waals surface area contributed by atoms with Crippen LogP contribution in [-0.2, 0) is 20.5 Å². The van der Waals surface area contributed by atoms with Gasteiger partial charge in [0.25, 0.3) is 0 Å². The van der Waals surface area contributed by atoms with Crippen molar-refractivity contribution in [1.82, 2.24) is 24.6 Å². The fourth-order valence-electron chi connectivity index (χ4n) is 9.04. The number of aliphatic hydroxyl groups is 1. The second kappa shape index (κ2) is 13.5. The van der Waals surface area contributed by atoms with Crippen molar-refractivity contribution in [3.63, 3.8) is 0 Å². The number of aliphatic hydroxyl groups excluding tert-OH is 1. The lowest BCUT2D eigenvalue weighted by atomic mass is 9.51. The van der Waals surface area contributed by atoms with E-state index in [0.717, 1.165) is 49.8 Å². The number of nitrogens with zero attached hydrogens (tertiary/aromatic N) is 6. The smallest absolute Gasteiger partial charge is 0.410 e. The van der Waals surface area contributed by atoms with Gasteiger partial charge >= 0.3 is 6.09 Å². The number of hydrogen-bond acceptors (Lipinski definition) is 8. The van der Waals surface area contributed by atoms with Crippen LogP contribution in [0.1, 0.15) is 102 Å². The Morgan fingerprint density at radius 1 is 0.961 bits per heavy atom. The molecule has 4 aliphatic carbocycles. The van der Waals surface area contributed by atoms with Gasteiger partial charge in [-0.3, -0.25) is 19.4 Å². The number of benzene rings is 1. The summed E-state index contributed by atoms with van der Waals surface area (Å²) < 4.78 is 13.4. The predicted octanol–water partition coefficient (Wildman–Crippen LogP) is 6.72. The molecule has 1 aliphatic heterocycles. The van der Waals surface area contributed by atoms with Gasteiger partial charge in [-0.1, -0.05) is 12.1 Å². The first-order chi connectivity index (χ1) is 24.3. The van der Waals surface area contributed by atoms with E-state index < -0.39 is 6.10 Å². The van der Waals surface area contributed by atoms with E-state index in [-0.39, 0.29) is 40.4 Å². The van der Waals surface area contributed by atoms with Gasteiger partial charge in [0.05, 0.1) is 56.1 Å². The van der Waals surface area contributed by atoms with Gasteiger partial charge in [0.2, 0.25) is 5.91 Å². The summed E-state index contributed by atoms with van der Waals surface area (Å²) >= 11 is 0. The highest BCUT2D eigenvalue weighted by atomic mass is 16.6. The fraction of sp³-hybridized carbons (Fsp3) is 0.625. The van der Waals surface area contributed by atoms with Crippen LogP contribution in [0.25, 0.3) is 11.3 Å². The Labute approximate surface area is 301 Å². The normalized spacial score (nSPS) is 26.5. The molecular formula is C40H54N6O5. The van der Waals surface area contributed by atoms with Gasteiger partial charge in [-0.15, -0.1) is 0 Å². The first-order valence-corrected chi connectivity index (χ1v) is 18.8. The van der Waals surface area contributed by atoms with Gasteiger partial charge in [-0.2, -0.15) is 5.10 Å². The highest BCUT2D eigenvalue weighted by Crippen LogP contribution is 2.58.